The topological polar surface area (TPSA) is 75.7 Å². The van der Waals surface area contributed by atoms with Crippen LogP contribution in [0.4, 0.5) is 42.1 Å². The second-order valence-electron chi connectivity index (χ2n) is 9.01. The molecule has 0 aromatic heterocycles. The van der Waals surface area contributed by atoms with Gasteiger partial charge in [0, 0.05) is 43.6 Å². The molecule has 1 amide bonds. The number of rotatable bonds is 7. The Bertz CT molecular complexity index is 1180. The second kappa shape index (κ2) is 11.5. The SMILES string of the molecule is CC(C(=O)NCc1ccc(C(F)(F)F)cc1N1CCC(C(F)(F)F)CC1)c1ccc(N(C)S(=O)[O-])c(F)c1. The molecule has 2 atom stereocenters. The molecule has 1 heterocycles. The van der Waals surface area contributed by atoms with E-state index in [2.05, 4.69) is 5.32 Å². The molecule has 1 N–H and O–H groups in total. The summed E-state index contributed by atoms with van der Waals surface area (Å²) in [5.74, 6) is -3.89. The molecular weight excluding hydrogens is 543 g/mol. The first-order valence-electron chi connectivity index (χ1n) is 11.5. The summed E-state index contributed by atoms with van der Waals surface area (Å²) < 4.78 is 116. The van der Waals surface area contributed by atoms with Gasteiger partial charge in [0.2, 0.25) is 5.91 Å². The Morgan fingerprint density at radius 3 is 2.29 bits per heavy atom. The van der Waals surface area contributed by atoms with Crippen molar-refractivity contribution in [3.63, 3.8) is 0 Å². The summed E-state index contributed by atoms with van der Waals surface area (Å²) in [7, 11) is 1.14. The van der Waals surface area contributed by atoms with Crippen LogP contribution in [0.2, 0.25) is 0 Å². The van der Waals surface area contributed by atoms with Crippen LogP contribution in [0.15, 0.2) is 36.4 Å². The Morgan fingerprint density at radius 1 is 1.13 bits per heavy atom. The maximum absolute atomic E-state index is 14.4. The predicted octanol–water partition coefficient (Wildman–Crippen LogP) is 5.27. The number of anilines is 2. The molecular formula is C24H25F7N3O3S-. The van der Waals surface area contributed by atoms with Crippen LogP contribution in [-0.2, 0) is 28.8 Å². The number of piperidine rings is 1. The minimum atomic E-state index is -4.67. The maximum atomic E-state index is 14.4. The number of hydrogen-bond acceptors (Lipinski definition) is 4. The number of nitrogens with zero attached hydrogens (tertiary/aromatic N) is 2. The summed E-state index contributed by atoms with van der Waals surface area (Å²) in [6.07, 6.45) is -9.58. The van der Waals surface area contributed by atoms with Gasteiger partial charge in [-0.15, -0.1) is 0 Å². The lowest BCUT2D eigenvalue weighted by atomic mass is 9.95. The molecule has 2 aromatic rings. The van der Waals surface area contributed by atoms with Crippen molar-refractivity contribution in [2.24, 2.45) is 5.92 Å². The highest BCUT2D eigenvalue weighted by atomic mass is 32.2. The average molecular weight is 569 g/mol. The molecule has 1 saturated heterocycles. The van der Waals surface area contributed by atoms with Gasteiger partial charge in [-0.2, -0.15) is 26.3 Å². The minimum Gasteiger partial charge on any atom is -0.755 e. The fourth-order valence-corrected chi connectivity index (χ4v) is 4.56. The van der Waals surface area contributed by atoms with Gasteiger partial charge in [-0.05, 0) is 55.2 Å². The van der Waals surface area contributed by atoms with Crippen LogP contribution in [0, 0.1) is 11.7 Å². The van der Waals surface area contributed by atoms with E-state index in [1.54, 1.807) is 0 Å². The molecule has 0 saturated carbocycles. The third-order valence-electron chi connectivity index (χ3n) is 6.59. The quantitative estimate of drug-likeness (QED) is 0.365. The Labute approximate surface area is 217 Å². The summed E-state index contributed by atoms with van der Waals surface area (Å²) in [6.45, 7) is 1.05. The highest BCUT2D eigenvalue weighted by molar-refractivity contribution is 7.80. The van der Waals surface area contributed by atoms with Crippen LogP contribution in [0.5, 0.6) is 0 Å². The molecule has 1 aliphatic rings. The van der Waals surface area contributed by atoms with E-state index in [0.717, 1.165) is 25.2 Å². The first-order chi connectivity index (χ1) is 17.6. The molecule has 210 valence electrons. The highest BCUT2D eigenvalue weighted by Gasteiger charge is 2.41. The Kier molecular flexibility index (Phi) is 8.97. The second-order valence-corrected chi connectivity index (χ2v) is 9.99. The van der Waals surface area contributed by atoms with Crippen LogP contribution in [0.25, 0.3) is 0 Å². The number of hydrogen-bond donors (Lipinski definition) is 1. The zero-order chi connectivity index (χ0) is 28.4. The molecule has 1 fully saturated rings. The largest absolute Gasteiger partial charge is 0.755 e. The third kappa shape index (κ3) is 6.95. The molecule has 0 bridgehead atoms. The van der Waals surface area contributed by atoms with E-state index in [4.69, 9.17) is 0 Å². The fraction of sp³-hybridized carbons (Fsp3) is 0.458. The molecule has 14 heteroatoms. The zero-order valence-electron chi connectivity index (χ0n) is 20.3. The predicted molar refractivity (Wildman–Crippen MR) is 126 cm³/mol. The molecule has 0 radical (unpaired) electrons. The summed E-state index contributed by atoms with van der Waals surface area (Å²) in [4.78, 5) is 14.2. The number of alkyl halides is 6. The van der Waals surface area contributed by atoms with Crippen molar-refractivity contribution >= 4 is 28.5 Å². The van der Waals surface area contributed by atoms with Crippen molar-refractivity contribution in [1.29, 1.82) is 0 Å². The molecule has 2 unspecified atom stereocenters. The van der Waals surface area contributed by atoms with Gasteiger partial charge in [-0.25, -0.2) is 4.39 Å². The maximum Gasteiger partial charge on any atom is 0.416 e. The van der Waals surface area contributed by atoms with Crippen LogP contribution >= 0.6 is 0 Å². The van der Waals surface area contributed by atoms with Gasteiger partial charge in [-0.1, -0.05) is 12.1 Å². The third-order valence-corrected chi connectivity index (χ3v) is 7.24. The van der Waals surface area contributed by atoms with Gasteiger partial charge in [0.1, 0.15) is 5.82 Å². The van der Waals surface area contributed by atoms with Crippen LogP contribution in [0.1, 0.15) is 42.4 Å². The van der Waals surface area contributed by atoms with Crippen molar-refractivity contribution in [3.05, 3.63) is 58.9 Å². The van der Waals surface area contributed by atoms with E-state index >= 15 is 0 Å². The van der Waals surface area contributed by atoms with E-state index < -0.39 is 52.7 Å². The van der Waals surface area contributed by atoms with Gasteiger partial charge in [0.25, 0.3) is 0 Å². The number of carbonyl (C=O) groups excluding carboxylic acids is 1. The summed E-state index contributed by atoms with van der Waals surface area (Å²) >= 11 is -2.71. The average Bonchev–Trinajstić information content (AvgIpc) is 2.85. The van der Waals surface area contributed by atoms with Crippen molar-refractivity contribution in [3.8, 4) is 0 Å². The number of carbonyl (C=O) groups is 1. The van der Waals surface area contributed by atoms with Gasteiger partial charge in [-0.3, -0.25) is 9.00 Å². The molecule has 1 aliphatic heterocycles. The van der Waals surface area contributed by atoms with E-state index in [1.807, 2.05) is 0 Å². The Balaban J connectivity index is 1.77. The number of benzene rings is 2. The van der Waals surface area contributed by atoms with Gasteiger partial charge in [0.15, 0.2) is 0 Å². The standard InChI is InChI=1S/C24H26F7N3O3S/c1-14(15-4-6-20(19(25)11-15)33(2)38(36)37)22(35)32-13-16-3-5-18(24(29,30)31)12-21(16)34-9-7-17(8-10-34)23(26,27)28/h3-6,11-12,14,17H,7-10,13H2,1-2H3,(H,32,35)(H,36,37)/p-1. The molecule has 6 nitrogen and oxygen atoms in total. The zero-order valence-corrected chi connectivity index (χ0v) is 21.1. The van der Waals surface area contributed by atoms with Crippen molar-refractivity contribution in [2.45, 2.75) is 44.6 Å². The Hall–Kier alpha value is -2.87. The van der Waals surface area contributed by atoms with E-state index in [0.29, 0.717) is 4.31 Å². The van der Waals surface area contributed by atoms with E-state index in [9.17, 15) is 44.3 Å². The smallest absolute Gasteiger partial charge is 0.416 e. The number of amides is 1. The lowest BCUT2D eigenvalue weighted by molar-refractivity contribution is -0.179. The molecule has 2 aromatic carbocycles. The molecule has 0 aliphatic carbocycles. The van der Waals surface area contributed by atoms with Gasteiger partial charge >= 0.3 is 12.4 Å². The van der Waals surface area contributed by atoms with Gasteiger partial charge in [0.05, 0.1) is 23.1 Å². The number of nitrogens with one attached hydrogen (secondary N) is 1. The fourth-order valence-electron chi connectivity index (χ4n) is 4.25. The lowest BCUT2D eigenvalue weighted by Crippen LogP contribution is -2.39. The van der Waals surface area contributed by atoms with Gasteiger partial charge < -0.3 is 19.1 Å². The van der Waals surface area contributed by atoms with Crippen molar-refractivity contribution in [2.75, 3.05) is 29.3 Å². The molecule has 38 heavy (non-hydrogen) atoms. The summed E-state index contributed by atoms with van der Waals surface area (Å²) in [6, 6.07) is 6.46. The number of halogens is 7. The van der Waals surface area contributed by atoms with E-state index in [1.165, 1.54) is 30.0 Å². The van der Waals surface area contributed by atoms with E-state index in [-0.39, 0.29) is 55.0 Å². The minimum absolute atomic E-state index is 0.0810. The highest BCUT2D eigenvalue weighted by Crippen LogP contribution is 2.38. The first-order valence-corrected chi connectivity index (χ1v) is 12.5. The lowest BCUT2D eigenvalue weighted by Gasteiger charge is -2.35. The molecule has 0 spiro atoms. The van der Waals surface area contributed by atoms with Crippen LogP contribution in [0.3, 0.4) is 0 Å². The van der Waals surface area contributed by atoms with Crippen molar-refractivity contribution < 1.29 is 44.3 Å². The van der Waals surface area contributed by atoms with Crippen molar-refractivity contribution in [1.82, 2.24) is 5.32 Å². The molecule has 3 rings (SSSR count). The van der Waals surface area contributed by atoms with Crippen LogP contribution in [-0.4, -0.2) is 41.0 Å². The first kappa shape index (κ1) is 29.7. The summed E-state index contributed by atoms with van der Waals surface area (Å²) in [5, 5.41) is 2.58. The monoisotopic (exact) mass is 568 g/mol. The summed E-state index contributed by atoms with van der Waals surface area (Å²) in [5.41, 5.74) is -0.593. The van der Waals surface area contributed by atoms with Crippen LogP contribution < -0.4 is 14.5 Å². The normalized spacial score (nSPS) is 16.7. The Morgan fingerprint density at radius 2 is 1.76 bits per heavy atom.